The summed E-state index contributed by atoms with van der Waals surface area (Å²) in [6.45, 7) is 2.95. The van der Waals surface area contributed by atoms with Crippen molar-refractivity contribution in [2.75, 3.05) is 6.26 Å². The molecule has 0 atom stereocenters. The first kappa shape index (κ1) is 12.2. The van der Waals surface area contributed by atoms with Crippen LogP contribution in [0.1, 0.15) is 18.2 Å². The summed E-state index contributed by atoms with van der Waals surface area (Å²) in [6.07, 6.45) is 6.10. The van der Waals surface area contributed by atoms with Gasteiger partial charge in [-0.25, -0.2) is 0 Å². The molecule has 0 aliphatic carbocycles. The maximum Gasteiger partial charge on any atom is 0.0830 e. The van der Waals surface area contributed by atoms with E-state index in [0.717, 1.165) is 25.1 Å². The van der Waals surface area contributed by atoms with Gasteiger partial charge in [0.2, 0.25) is 0 Å². The second-order valence-corrected chi connectivity index (χ2v) is 4.79. The van der Waals surface area contributed by atoms with E-state index < -0.39 is 0 Å². The SMILES string of the molecule is CCn1cc(CCc2ccc(SC)cc2)nn1. The Labute approximate surface area is 106 Å². The van der Waals surface area contributed by atoms with E-state index in [1.165, 1.54) is 10.5 Å². The standard InChI is InChI=1S/C13H17N3S/c1-3-16-10-12(14-15-16)7-4-11-5-8-13(17-2)9-6-11/h5-6,8-10H,3-4,7H2,1-2H3. The van der Waals surface area contributed by atoms with E-state index >= 15 is 0 Å². The Morgan fingerprint density at radius 3 is 2.53 bits per heavy atom. The van der Waals surface area contributed by atoms with E-state index in [-0.39, 0.29) is 0 Å². The van der Waals surface area contributed by atoms with Crippen LogP contribution in [0.15, 0.2) is 35.4 Å². The number of benzene rings is 1. The summed E-state index contributed by atoms with van der Waals surface area (Å²) < 4.78 is 1.87. The second-order valence-electron chi connectivity index (χ2n) is 3.91. The third-order valence-electron chi connectivity index (χ3n) is 2.74. The molecule has 17 heavy (non-hydrogen) atoms. The van der Waals surface area contributed by atoms with Crippen LogP contribution in [0.25, 0.3) is 0 Å². The van der Waals surface area contributed by atoms with Gasteiger partial charge in [-0.15, -0.1) is 16.9 Å². The van der Waals surface area contributed by atoms with E-state index in [4.69, 9.17) is 0 Å². The van der Waals surface area contributed by atoms with Gasteiger partial charge in [0.15, 0.2) is 0 Å². The van der Waals surface area contributed by atoms with Gasteiger partial charge in [0.05, 0.1) is 5.69 Å². The molecule has 3 nitrogen and oxygen atoms in total. The average Bonchev–Trinajstić information content (AvgIpc) is 2.85. The molecule has 0 spiro atoms. The molecule has 2 rings (SSSR count). The summed E-state index contributed by atoms with van der Waals surface area (Å²) in [5.74, 6) is 0. The van der Waals surface area contributed by atoms with E-state index in [9.17, 15) is 0 Å². The minimum absolute atomic E-state index is 0.884. The summed E-state index contributed by atoms with van der Waals surface area (Å²) in [5.41, 5.74) is 2.43. The molecule has 0 N–H and O–H groups in total. The molecule has 0 amide bonds. The number of rotatable bonds is 5. The summed E-state index contributed by atoms with van der Waals surface area (Å²) in [4.78, 5) is 1.31. The zero-order valence-corrected chi connectivity index (χ0v) is 11.1. The first-order valence-electron chi connectivity index (χ1n) is 5.83. The maximum atomic E-state index is 4.14. The van der Waals surface area contributed by atoms with Crippen molar-refractivity contribution in [1.82, 2.24) is 15.0 Å². The van der Waals surface area contributed by atoms with Crippen molar-refractivity contribution in [3.63, 3.8) is 0 Å². The molecular formula is C13H17N3S. The minimum Gasteiger partial charge on any atom is -0.253 e. The molecule has 0 radical (unpaired) electrons. The normalized spacial score (nSPS) is 10.7. The first-order valence-corrected chi connectivity index (χ1v) is 7.06. The fourth-order valence-electron chi connectivity index (χ4n) is 1.67. The van der Waals surface area contributed by atoms with E-state index in [1.807, 2.05) is 10.9 Å². The highest BCUT2D eigenvalue weighted by Crippen LogP contribution is 2.15. The molecule has 1 aromatic heterocycles. The minimum atomic E-state index is 0.884. The lowest BCUT2D eigenvalue weighted by molar-refractivity contribution is 0.626. The van der Waals surface area contributed by atoms with Gasteiger partial charge in [-0.2, -0.15) is 0 Å². The van der Waals surface area contributed by atoms with E-state index in [2.05, 4.69) is 47.8 Å². The van der Waals surface area contributed by atoms with Crippen LogP contribution in [0.4, 0.5) is 0 Å². The summed E-state index contributed by atoms with van der Waals surface area (Å²) in [7, 11) is 0. The van der Waals surface area contributed by atoms with Gasteiger partial charge in [-0.05, 0) is 43.7 Å². The van der Waals surface area contributed by atoms with Crippen molar-refractivity contribution in [3.8, 4) is 0 Å². The van der Waals surface area contributed by atoms with Crippen LogP contribution in [0.2, 0.25) is 0 Å². The highest BCUT2D eigenvalue weighted by Gasteiger charge is 2.00. The van der Waals surface area contributed by atoms with Crippen molar-refractivity contribution in [3.05, 3.63) is 41.7 Å². The third kappa shape index (κ3) is 3.33. The van der Waals surface area contributed by atoms with E-state index in [0.29, 0.717) is 0 Å². The van der Waals surface area contributed by atoms with Crippen LogP contribution in [0.3, 0.4) is 0 Å². The summed E-state index contributed by atoms with van der Waals surface area (Å²) in [5, 5.41) is 8.18. The number of hydrogen-bond donors (Lipinski definition) is 0. The van der Waals surface area contributed by atoms with Crippen LogP contribution in [-0.4, -0.2) is 21.2 Å². The largest absolute Gasteiger partial charge is 0.253 e. The maximum absolute atomic E-state index is 4.14. The van der Waals surface area contributed by atoms with Crippen molar-refractivity contribution >= 4 is 11.8 Å². The van der Waals surface area contributed by atoms with Crippen molar-refractivity contribution in [2.24, 2.45) is 0 Å². The Hall–Kier alpha value is -1.29. The second kappa shape index (κ2) is 5.87. The summed E-state index contributed by atoms with van der Waals surface area (Å²) >= 11 is 1.77. The quantitative estimate of drug-likeness (QED) is 0.761. The molecule has 4 heteroatoms. The van der Waals surface area contributed by atoms with Gasteiger partial charge in [0.1, 0.15) is 0 Å². The predicted octanol–water partition coefficient (Wildman–Crippen LogP) is 2.81. The zero-order chi connectivity index (χ0) is 12.1. The fraction of sp³-hybridized carbons (Fsp3) is 0.385. The molecular weight excluding hydrogens is 230 g/mol. The Kier molecular flexibility index (Phi) is 4.20. The lowest BCUT2D eigenvalue weighted by Gasteiger charge is -2.00. The number of thioether (sulfide) groups is 1. The number of nitrogens with zero attached hydrogens (tertiary/aromatic N) is 3. The van der Waals surface area contributed by atoms with Gasteiger partial charge in [0.25, 0.3) is 0 Å². The number of aromatic nitrogens is 3. The van der Waals surface area contributed by atoms with Gasteiger partial charge in [-0.3, -0.25) is 4.68 Å². The van der Waals surface area contributed by atoms with Crippen LogP contribution < -0.4 is 0 Å². The molecule has 0 saturated carbocycles. The lowest BCUT2D eigenvalue weighted by Crippen LogP contribution is -1.93. The highest BCUT2D eigenvalue weighted by atomic mass is 32.2. The number of hydrogen-bond acceptors (Lipinski definition) is 3. The molecule has 0 aliphatic rings. The van der Waals surface area contributed by atoms with Crippen LogP contribution >= 0.6 is 11.8 Å². The van der Waals surface area contributed by atoms with Gasteiger partial charge in [-0.1, -0.05) is 17.3 Å². The molecule has 0 bridgehead atoms. The van der Waals surface area contributed by atoms with Gasteiger partial charge < -0.3 is 0 Å². The fourth-order valence-corrected chi connectivity index (χ4v) is 2.08. The molecule has 0 aliphatic heterocycles. The summed E-state index contributed by atoms with van der Waals surface area (Å²) in [6, 6.07) is 8.72. The number of aryl methyl sites for hydroxylation is 3. The molecule has 1 aromatic carbocycles. The predicted molar refractivity (Wildman–Crippen MR) is 71.3 cm³/mol. The zero-order valence-electron chi connectivity index (χ0n) is 10.3. The topological polar surface area (TPSA) is 30.7 Å². The Bertz CT molecular complexity index is 462. The van der Waals surface area contributed by atoms with Crippen molar-refractivity contribution in [1.29, 1.82) is 0 Å². The third-order valence-corrected chi connectivity index (χ3v) is 3.48. The monoisotopic (exact) mass is 247 g/mol. The molecule has 1 heterocycles. The molecule has 90 valence electrons. The van der Waals surface area contributed by atoms with Gasteiger partial charge >= 0.3 is 0 Å². The Balaban J connectivity index is 1.92. The van der Waals surface area contributed by atoms with Crippen molar-refractivity contribution in [2.45, 2.75) is 31.2 Å². The lowest BCUT2D eigenvalue weighted by atomic mass is 10.1. The first-order chi connectivity index (χ1) is 8.31. The van der Waals surface area contributed by atoms with Crippen LogP contribution in [-0.2, 0) is 19.4 Å². The van der Waals surface area contributed by atoms with Crippen LogP contribution in [0, 0.1) is 0 Å². The molecule has 0 unspecified atom stereocenters. The molecule has 0 fully saturated rings. The Morgan fingerprint density at radius 2 is 1.94 bits per heavy atom. The Morgan fingerprint density at radius 1 is 1.18 bits per heavy atom. The van der Waals surface area contributed by atoms with Crippen LogP contribution in [0.5, 0.6) is 0 Å². The molecule has 2 aromatic rings. The van der Waals surface area contributed by atoms with E-state index in [1.54, 1.807) is 11.8 Å². The van der Waals surface area contributed by atoms with Gasteiger partial charge in [0, 0.05) is 17.6 Å². The van der Waals surface area contributed by atoms with Crippen molar-refractivity contribution < 1.29 is 0 Å². The average molecular weight is 247 g/mol. The smallest absolute Gasteiger partial charge is 0.0830 e. The highest BCUT2D eigenvalue weighted by molar-refractivity contribution is 7.98. The molecule has 0 saturated heterocycles.